The van der Waals surface area contributed by atoms with E-state index in [0.29, 0.717) is 12.0 Å². The monoisotopic (exact) mass is 291 g/mol. The van der Waals surface area contributed by atoms with E-state index in [0.717, 1.165) is 48.6 Å². The predicted molar refractivity (Wildman–Crippen MR) is 86.6 cm³/mol. The first-order valence-electron chi connectivity index (χ1n) is 8.01. The molecule has 1 aromatic heterocycles. The Bertz CT molecular complexity index is 501. The van der Waals surface area contributed by atoms with Gasteiger partial charge in [0.15, 0.2) is 5.82 Å². The average molecular weight is 291 g/mol. The van der Waals surface area contributed by atoms with Gasteiger partial charge in [-0.2, -0.15) is 0 Å². The van der Waals surface area contributed by atoms with Gasteiger partial charge in [-0.15, -0.1) is 0 Å². The summed E-state index contributed by atoms with van der Waals surface area (Å²) < 4.78 is 6.19. The molecule has 118 valence electrons. The smallest absolute Gasteiger partial charge is 0.162 e. The molecule has 0 amide bonds. The fourth-order valence-electron chi connectivity index (χ4n) is 3.12. The second-order valence-corrected chi connectivity index (χ2v) is 6.95. The summed E-state index contributed by atoms with van der Waals surface area (Å²) in [6.45, 7) is 11.5. The molecular formula is C17H29N3O. The van der Waals surface area contributed by atoms with Crippen molar-refractivity contribution in [2.75, 3.05) is 19.0 Å². The van der Waals surface area contributed by atoms with Crippen LogP contribution in [0.4, 0.5) is 5.82 Å². The van der Waals surface area contributed by atoms with Gasteiger partial charge < -0.3 is 10.1 Å². The first kappa shape index (κ1) is 16.2. The highest BCUT2D eigenvalue weighted by Crippen LogP contribution is 2.46. The number of aromatic nitrogens is 2. The Labute approximate surface area is 128 Å². The average Bonchev–Trinajstić information content (AvgIpc) is 2.44. The van der Waals surface area contributed by atoms with E-state index in [4.69, 9.17) is 14.7 Å². The molecule has 0 atom stereocenters. The van der Waals surface area contributed by atoms with Crippen LogP contribution in [0.1, 0.15) is 63.5 Å². The fraction of sp³-hybridized carbons (Fsp3) is 0.765. The molecule has 4 heteroatoms. The summed E-state index contributed by atoms with van der Waals surface area (Å²) in [5, 5.41) is 3.18. The van der Waals surface area contributed by atoms with Crippen LogP contribution < -0.4 is 5.32 Å². The highest BCUT2D eigenvalue weighted by atomic mass is 16.5. The van der Waals surface area contributed by atoms with Gasteiger partial charge in [0, 0.05) is 24.9 Å². The van der Waals surface area contributed by atoms with Crippen molar-refractivity contribution in [3.05, 3.63) is 17.1 Å². The van der Waals surface area contributed by atoms with E-state index in [1.165, 1.54) is 0 Å². The Morgan fingerprint density at radius 3 is 2.24 bits per heavy atom. The van der Waals surface area contributed by atoms with Crippen LogP contribution in [-0.2, 0) is 10.3 Å². The molecule has 0 unspecified atom stereocenters. The molecule has 1 aliphatic rings. The zero-order valence-corrected chi connectivity index (χ0v) is 14.3. The summed E-state index contributed by atoms with van der Waals surface area (Å²) in [5.74, 6) is 1.77. The van der Waals surface area contributed by atoms with Crippen LogP contribution in [0.3, 0.4) is 0 Å². The minimum absolute atomic E-state index is 0.311. The van der Waals surface area contributed by atoms with Gasteiger partial charge in [0.25, 0.3) is 0 Å². The molecule has 1 saturated carbocycles. The lowest BCUT2D eigenvalue weighted by molar-refractivity contribution is -0.0948. The molecule has 21 heavy (non-hydrogen) atoms. The number of aryl methyl sites for hydroxylation is 1. The molecule has 0 aliphatic heterocycles. The van der Waals surface area contributed by atoms with Gasteiger partial charge in [-0.1, -0.05) is 13.8 Å². The first-order chi connectivity index (χ1) is 9.83. The molecule has 1 heterocycles. The highest BCUT2D eigenvalue weighted by Gasteiger charge is 2.42. The number of hydrogen-bond acceptors (Lipinski definition) is 4. The Balaban J connectivity index is 2.41. The summed E-state index contributed by atoms with van der Waals surface area (Å²) >= 11 is 0. The normalized spacial score (nSPS) is 20.3. The zero-order valence-electron chi connectivity index (χ0n) is 14.3. The van der Waals surface area contributed by atoms with Gasteiger partial charge in [0.1, 0.15) is 11.4 Å². The lowest BCUT2D eigenvalue weighted by atomic mass is 9.70. The Morgan fingerprint density at radius 1 is 1.10 bits per heavy atom. The minimum atomic E-state index is -0.311. The van der Waals surface area contributed by atoms with Gasteiger partial charge in [-0.05, 0) is 51.9 Å². The predicted octanol–water partition coefficient (Wildman–Crippen LogP) is 3.97. The van der Waals surface area contributed by atoms with Gasteiger partial charge in [0.05, 0.1) is 0 Å². The number of nitrogens with zero attached hydrogens (tertiary/aromatic N) is 2. The molecule has 1 aliphatic carbocycles. The van der Waals surface area contributed by atoms with E-state index in [-0.39, 0.29) is 5.60 Å². The lowest BCUT2D eigenvalue weighted by Crippen LogP contribution is -2.39. The SMILES string of the molecule is CCOC1(c2nc(C)c(C)c(NC)n2)CCC(C)(C)CC1. The van der Waals surface area contributed by atoms with E-state index in [2.05, 4.69) is 33.0 Å². The van der Waals surface area contributed by atoms with E-state index < -0.39 is 0 Å². The third-order valence-electron chi connectivity index (χ3n) is 4.87. The second kappa shape index (κ2) is 5.91. The number of nitrogens with one attached hydrogen (secondary N) is 1. The van der Waals surface area contributed by atoms with Crippen molar-refractivity contribution in [3.63, 3.8) is 0 Å². The van der Waals surface area contributed by atoms with Crippen molar-refractivity contribution < 1.29 is 4.74 Å². The third kappa shape index (κ3) is 3.20. The molecule has 2 rings (SSSR count). The van der Waals surface area contributed by atoms with Crippen molar-refractivity contribution in [2.45, 2.75) is 65.9 Å². The molecule has 0 saturated heterocycles. The largest absolute Gasteiger partial charge is 0.373 e. The molecule has 4 nitrogen and oxygen atoms in total. The molecule has 0 spiro atoms. The van der Waals surface area contributed by atoms with E-state index >= 15 is 0 Å². The number of rotatable bonds is 4. The van der Waals surface area contributed by atoms with Gasteiger partial charge in [-0.25, -0.2) is 9.97 Å². The third-order valence-corrected chi connectivity index (χ3v) is 4.87. The molecule has 0 bridgehead atoms. The summed E-state index contributed by atoms with van der Waals surface area (Å²) in [4.78, 5) is 9.53. The highest BCUT2D eigenvalue weighted by molar-refractivity contribution is 5.45. The lowest BCUT2D eigenvalue weighted by Gasteiger charge is -2.42. The number of anilines is 1. The molecule has 1 N–H and O–H groups in total. The van der Waals surface area contributed by atoms with Crippen LogP contribution in [0, 0.1) is 19.3 Å². The molecule has 0 radical (unpaired) electrons. The maximum atomic E-state index is 6.19. The summed E-state index contributed by atoms with van der Waals surface area (Å²) in [5.41, 5.74) is 2.23. The van der Waals surface area contributed by atoms with Gasteiger partial charge >= 0.3 is 0 Å². The Morgan fingerprint density at radius 2 is 1.71 bits per heavy atom. The van der Waals surface area contributed by atoms with Crippen LogP contribution >= 0.6 is 0 Å². The van der Waals surface area contributed by atoms with Crippen molar-refractivity contribution in [3.8, 4) is 0 Å². The standard InChI is InChI=1S/C17H29N3O/c1-7-21-17(10-8-16(4,5)9-11-17)15-19-13(3)12(2)14(18-6)20-15/h7-11H2,1-6H3,(H,18,19,20). The summed E-state index contributed by atoms with van der Waals surface area (Å²) in [7, 11) is 1.91. The topological polar surface area (TPSA) is 47.0 Å². The van der Waals surface area contributed by atoms with Gasteiger partial charge in [0.2, 0.25) is 0 Å². The van der Waals surface area contributed by atoms with Crippen LogP contribution in [0.25, 0.3) is 0 Å². The van der Waals surface area contributed by atoms with Crippen molar-refractivity contribution in [1.29, 1.82) is 0 Å². The Kier molecular flexibility index (Phi) is 4.57. The van der Waals surface area contributed by atoms with E-state index in [1.54, 1.807) is 0 Å². The van der Waals surface area contributed by atoms with Crippen LogP contribution in [0.15, 0.2) is 0 Å². The van der Waals surface area contributed by atoms with Crippen LogP contribution in [0.5, 0.6) is 0 Å². The number of hydrogen-bond donors (Lipinski definition) is 1. The van der Waals surface area contributed by atoms with Crippen LogP contribution in [-0.4, -0.2) is 23.6 Å². The summed E-state index contributed by atoms with van der Waals surface area (Å²) in [6.07, 6.45) is 4.30. The summed E-state index contributed by atoms with van der Waals surface area (Å²) in [6, 6.07) is 0. The maximum absolute atomic E-state index is 6.19. The van der Waals surface area contributed by atoms with Crippen molar-refractivity contribution in [2.24, 2.45) is 5.41 Å². The van der Waals surface area contributed by atoms with Gasteiger partial charge in [-0.3, -0.25) is 0 Å². The molecule has 0 aromatic carbocycles. The first-order valence-corrected chi connectivity index (χ1v) is 8.01. The Hall–Kier alpha value is -1.16. The maximum Gasteiger partial charge on any atom is 0.162 e. The number of ether oxygens (including phenoxy) is 1. The molecule has 1 fully saturated rings. The minimum Gasteiger partial charge on any atom is -0.373 e. The van der Waals surface area contributed by atoms with E-state index in [1.807, 2.05) is 14.0 Å². The quantitative estimate of drug-likeness (QED) is 0.912. The van der Waals surface area contributed by atoms with Crippen molar-refractivity contribution >= 4 is 5.82 Å². The van der Waals surface area contributed by atoms with Crippen molar-refractivity contribution in [1.82, 2.24) is 9.97 Å². The second-order valence-electron chi connectivity index (χ2n) is 6.95. The van der Waals surface area contributed by atoms with E-state index in [9.17, 15) is 0 Å². The zero-order chi connectivity index (χ0) is 15.7. The molecular weight excluding hydrogens is 262 g/mol. The molecule has 1 aromatic rings. The fourth-order valence-corrected chi connectivity index (χ4v) is 3.12. The van der Waals surface area contributed by atoms with Crippen LogP contribution in [0.2, 0.25) is 0 Å².